The molecule has 0 radical (unpaired) electrons. The number of aromatic nitrogens is 3. The number of pyridine rings is 1. The summed E-state index contributed by atoms with van der Waals surface area (Å²) in [5, 5.41) is 17.6. The molecule has 0 saturated carbocycles. The van der Waals surface area contributed by atoms with Gasteiger partial charge in [0.15, 0.2) is 0 Å². The van der Waals surface area contributed by atoms with Crippen molar-refractivity contribution >= 4 is 23.1 Å². The molecule has 0 unspecified atom stereocenters. The molecule has 1 aliphatic rings. The normalized spacial score (nSPS) is 14.7. The van der Waals surface area contributed by atoms with Gasteiger partial charge < -0.3 is 15.4 Å². The predicted molar refractivity (Wildman–Crippen MR) is 101 cm³/mol. The SMILES string of the molecule is Cc1ccnc(Nc2ncnc(NCCCN3CCOCC3)c2[N+](=O)[O-])c1. The Morgan fingerprint density at radius 2 is 2.04 bits per heavy atom. The van der Waals surface area contributed by atoms with Crippen molar-refractivity contribution in [2.75, 3.05) is 50.0 Å². The fourth-order valence-corrected chi connectivity index (χ4v) is 2.83. The van der Waals surface area contributed by atoms with Gasteiger partial charge in [0, 0.05) is 25.8 Å². The van der Waals surface area contributed by atoms with Gasteiger partial charge in [0.2, 0.25) is 11.6 Å². The third-order valence-corrected chi connectivity index (χ3v) is 4.21. The fourth-order valence-electron chi connectivity index (χ4n) is 2.83. The van der Waals surface area contributed by atoms with Gasteiger partial charge in [-0.3, -0.25) is 15.0 Å². The Kier molecular flexibility index (Phi) is 6.44. The van der Waals surface area contributed by atoms with Crippen molar-refractivity contribution in [1.29, 1.82) is 0 Å². The molecule has 1 aliphatic heterocycles. The number of hydrogen-bond acceptors (Lipinski definition) is 9. The van der Waals surface area contributed by atoms with Crippen LogP contribution in [0.3, 0.4) is 0 Å². The van der Waals surface area contributed by atoms with E-state index >= 15 is 0 Å². The topological polar surface area (TPSA) is 118 Å². The zero-order valence-corrected chi connectivity index (χ0v) is 15.2. The smallest absolute Gasteiger partial charge is 0.353 e. The molecule has 0 atom stereocenters. The molecule has 0 spiro atoms. The number of anilines is 3. The monoisotopic (exact) mass is 373 g/mol. The summed E-state index contributed by atoms with van der Waals surface area (Å²) in [4.78, 5) is 25.6. The third kappa shape index (κ3) is 5.31. The minimum atomic E-state index is -0.484. The van der Waals surface area contributed by atoms with Gasteiger partial charge in [-0.15, -0.1) is 0 Å². The number of nitro groups is 1. The van der Waals surface area contributed by atoms with Gasteiger partial charge in [0.1, 0.15) is 12.1 Å². The van der Waals surface area contributed by atoms with Crippen LogP contribution in [-0.4, -0.2) is 64.2 Å². The van der Waals surface area contributed by atoms with E-state index < -0.39 is 4.92 Å². The van der Waals surface area contributed by atoms with E-state index in [9.17, 15) is 10.1 Å². The Bertz CT molecular complexity index is 781. The summed E-state index contributed by atoms with van der Waals surface area (Å²) in [5.74, 6) is 0.811. The Morgan fingerprint density at radius 3 is 2.78 bits per heavy atom. The summed E-state index contributed by atoms with van der Waals surface area (Å²) in [7, 11) is 0. The molecule has 2 aromatic rings. The largest absolute Gasteiger partial charge is 0.379 e. The summed E-state index contributed by atoms with van der Waals surface area (Å²) in [6.07, 6.45) is 3.79. The lowest BCUT2D eigenvalue weighted by molar-refractivity contribution is -0.383. The minimum Gasteiger partial charge on any atom is -0.379 e. The van der Waals surface area contributed by atoms with Crippen molar-refractivity contribution in [3.8, 4) is 0 Å². The van der Waals surface area contributed by atoms with Crippen LogP contribution in [0.4, 0.5) is 23.1 Å². The first-order valence-corrected chi connectivity index (χ1v) is 8.86. The van der Waals surface area contributed by atoms with E-state index in [2.05, 4.69) is 30.5 Å². The van der Waals surface area contributed by atoms with Crippen LogP contribution in [0, 0.1) is 17.0 Å². The Labute approximate surface area is 157 Å². The summed E-state index contributed by atoms with van der Waals surface area (Å²) in [6.45, 7) is 6.77. The molecular weight excluding hydrogens is 350 g/mol. The van der Waals surface area contributed by atoms with E-state index in [0.717, 1.165) is 44.8 Å². The highest BCUT2D eigenvalue weighted by Gasteiger charge is 2.23. The van der Waals surface area contributed by atoms with Gasteiger partial charge in [-0.1, -0.05) is 0 Å². The zero-order valence-electron chi connectivity index (χ0n) is 15.2. The van der Waals surface area contributed by atoms with Gasteiger partial charge >= 0.3 is 5.69 Å². The van der Waals surface area contributed by atoms with Crippen LogP contribution in [-0.2, 0) is 4.74 Å². The standard InChI is InChI=1S/C17H23N7O3/c1-13-3-5-18-14(11-13)22-17-15(24(25)26)16(20-12-21-17)19-4-2-6-23-7-9-27-10-8-23/h3,5,11-12H,2,4,6-10H2,1H3,(H2,18,19,20,21,22). The number of hydrogen-bond donors (Lipinski definition) is 2. The number of morpholine rings is 1. The summed E-state index contributed by atoms with van der Waals surface area (Å²) in [5.41, 5.74) is 0.804. The van der Waals surface area contributed by atoms with E-state index in [1.54, 1.807) is 12.3 Å². The number of nitrogens with zero attached hydrogens (tertiary/aromatic N) is 5. The molecule has 0 aliphatic carbocycles. The molecule has 0 aromatic carbocycles. The lowest BCUT2D eigenvalue weighted by atomic mass is 10.3. The van der Waals surface area contributed by atoms with Crippen molar-refractivity contribution in [2.45, 2.75) is 13.3 Å². The first kappa shape index (κ1) is 18.9. The van der Waals surface area contributed by atoms with Crippen molar-refractivity contribution < 1.29 is 9.66 Å². The molecule has 1 saturated heterocycles. The highest BCUT2D eigenvalue weighted by molar-refractivity contribution is 5.72. The van der Waals surface area contributed by atoms with E-state index in [-0.39, 0.29) is 17.3 Å². The molecule has 1 fully saturated rings. The Hall–Kier alpha value is -2.85. The summed E-state index contributed by atoms with van der Waals surface area (Å²) >= 11 is 0. The van der Waals surface area contributed by atoms with Crippen LogP contribution < -0.4 is 10.6 Å². The number of nitrogens with one attached hydrogen (secondary N) is 2. The molecule has 27 heavy (non-hydrogen) atoms. The van der Waals surface area contributed by atoms with Crippen LogP contribution in [0.1, 0.15) is 12.0 Å². The third-order valence-electron chi connectivity index (χ3n) is 4.21. The van der Waals surface area contributed by atoms with Gasteiger partial charge in [0.05, 0.1) is 18.1 Å². The van der Waals surface area contributed by atoms with Crippen molar-refractivity contribution in [3.63, 3.8) is 0 Å². The van der Waals surface area contributed by atoms with Gasteiger partial charge in [0.25, 0.3) is 0 Å². The fraction of sp³-hybridized carbons (Fsp3) is 0.471. The van der Waals surface area contributed by atoms with Crippen molar-refractivity contribution in [1.82, 2.24) is 19.9 Å². The lowest BCUT2D eigenvalue weighted by Gasteiger charge is -2.26. The lowest BCUT2D eigenvalue weighted by Crippen LogP contribution is -2.37. The zero-order chi connectivity index (χ0) is 19.1. The van der Waals surface area contributed by atoms with Gasteiger partial charge in [-0.25, -0.2) is 15.0 Å². The highest BCUT2D eigenvalue weighted by Crippen LogP contribution is 2.30. The molecule has 3 heterocycles. The molecule has 0 amide bonds. The highest BCUT2D eigenvalue weighted by atomic mass is 16.6. The Morgan fingerprint density at radius 1 is 1.26 bits per heavy atom. The van der Waals surface area contributed by atoms with Crippen molar-refractivity contribution in [2.24, 2.45) is 0 Å². The number of rotatable bonds is 8. The first-order chi connectivity index (χ1) is 13.1. The van der Waals surface area contributed by atoms with Gasteiger partial charge in [-0.05, 0) is 37.6 Å². The second kappa shape index (κ2) is 9.19. The van der Waals surface area contributed by atoms with Gasteiger partial charge in [-0.2, -0.15) is 0 Å². The molecule has 2 aromatic heterocycles. The first-order valence-electron chi connectivity index (χ1n) is 8.86. The minimum absolute atomic E-state index is 0.115. The summed E-state index contributed by atoms with van der Waals surface area (Å²) in [6, 6.07) is 3.64. The molecule has 3 rings (SSSR count). The summed E-state index contributed by atoms with van der Waals surface area (Å²) < 4.78 is 5.33. The second-order valence-electron chi connectivity index (χ2n) is 6.25. The number of ether oxygens (including phenoxy) is 1. The van der Waals surface area contributed by atoms with Crippen LogP contribution >= 0.6 is 0 Å². The maximum Gasteiger partial charge on any atom is 0.353 e. The Balaban J connectivity index is 1.65. The number of aryl methyl sites for hydroxylation is 1. The van der Waals surface area contributed by atoms with E-state index in [0.29, 0.717) is 12.4 Å². The second-order valence-corrected chi connectivity index (χ2v) is 6.25. The van der Waals surface area contributed by atoms with Crippen LogP contribution in [0.15, 0.2) is 24.7 Å². The van der Waals surface area contributed by atoms with E-state index in [4.69, 9.17) is 4.74 Å². The predicted octanol–water partition coefficient (Wildman–Crippen LogP) is 1.97. The molecule has 10 heteroatoms. The quantitative estimate of drug-likeness (QED) is 0.406. The maximum absolute atomic E-state index is 11.6. The van der Waals surface area contributed by atoms with Crippen LogP contribution in [0.5, 0.6) is 0 Å². The molecular formula is C17H23N7O3. The maximum atomic E-state index is 11.6. The average Bonchev–Trinajstić information content (AvgIpc) is 2.66. The molecule has 10 nitrogen and oxygen atoms in total. The van der Waals surface area contributed by atoms with Crippen molar-refractivity contribution in [3.05, 3.63) is 40.3 Å². The van der Waals surface area contributed by atoms with E-state index in [1.807, 2.05) is 13.0 Å². The van der Waals surface area contributed by atoms with Crippen LogP contribution in [0.25, 0.3) is 0 Å². The van der Waals surface area contributed by atoms with Crippen LogP contribution in [0.2, 0.25) is 0 Å². The molecule has 144 valence electrons. The van der Waals surface area contributed by atoms with E-state index in [1.165, 1.54) is 6.33 Å². The average molecular weight is 373 g/mol. The molecule has 2 N–H and O–H groups in total. The molecule has 0 bridgehead atoms.